The molecule has 0 aromatic heterocycles. The van der Waals surface area contributed by atoms with Gasteiger partial charge in [-0.3, -0.25) is 10.1 Å². The van der Waals surface area contributed by atoms with Crippen LogP contribution in [0, 0.1) is 15.5 Å². The monoisotopic (exact) mass is 185 g/mol. The molecular formula is C6H11N5O2. The van der Waals surface area contributed by atoms with Gasteiger partial charge in [0.2, 0.25) is 0 Å². The minimum atomic E-state index is -1.68. The molecule has 1 rings (SSSR count). The van der Waals surface area contributed by atoms with Crippen LogP contribution in [-0.2, 0) is 0 Å². The van der Waals surface area contributed by atoms with Crippen LogP contribution in [0.5, 0.6) is 0 Å². The summed E-state index contributed by atoms with van der Waals surface area (Å²) in [5.74, 6) is -1.68. The van der Waals surface area contributed by atoms with Gasteiger partial charge < -0.3 is 0 Å². The lowest BCUT2D eigenvalue weighted by Gasteiger charge is -2.21. The third-order valence-electron chi connectivity index (χ3n) is 1.51. The zero-order valence-electron chi connectivity index (χ0n) is 7.76. The predicted molar refractivity (Wildman–Crippen MR) is 43.5 cm³/mol. The van der Waals surface area contributed by atoms with E-state index in [1.807, 2.05) is 20.8 Å². The van der Waals surface area contributed by atoms with Crippen molar-refractivity contribution in [1.29, 1.82) is 0 Å². The van der Waals surface area contributed by atoms with Crippen LogP contribution in [-0.4, -0.2) is 10.7 Å². The zero-order valence-corrected chi connectivity index (χ0v) is 7.76. The molecule has 0 spiro atoms. The topological polar surface area (TPSA) is 92.6 Å². The number of hydrogen-bond donors (Lipinski definition) is 0. The Labute approximate surface area is 75.1 Å². The molecule has 0 radical (unpaired) electrons. The van der Waals surface area contributed by atoms with Gasteiger partial charge in [0.1, 0.15) is 0 Å². The maximum Gasteiger partial charge on any atom is 0.448 e. The molecule has 0 saturated carbocycles. The maximum absolute atomic E-state index is 10.7. The Morgan fingerprint density at radius 2 is 1.77 bits per heavy atom. The van der Waals surface area contributed by atoms with Crippen LogP contribution < -0.4 is 0 Å². The molecule has 0 aromatic carbocycles. The van der Waals surface area contributed by atoms with Crippen LogP contribution in [0.15, 0.2) is 20.7 Å². The van der Waals surface area contributed by atoms with Crippen molar-refractivity contribution in [3.63, 3.8) is 0 Å². The summed E-state index contributed by atoms with van der Waals surface area (Å²) in [7, 11) is 0. The van der Waals surface area contributed by atoms with E-state index in [-0.39, 0.29) is 11.8 Å². The van der Waals surface area contributed by atoms with Crippen LogP contribution in [0.4, 0.5) is 0 Å². The maximum atomic E-state index is 10.7. The first-order valence-electron chi connectivity index (χ1n) is 3.84. The Morgan fingerprint density at radius 3 is 2.08 bits per heavy atom. The largest absolute Gasteiger partial charge is 0.448 e. The van der Waals surface area contributed by atoms with Crippen molar-refractivity contribution < 1.29 is 4.92 Å². The molecule has 0 N–H and O–H groups in total. The van der Waals surface area contributed by atoms with E-state index >= 15 is 0 Å². The van der Waals surface area contributed by atoms with Gasteiger partial charge in [0.05, 0.1) is 11.3 Å². The van der Waals surface area contributed by atoms with Gasteiger partial charge in [-0.2, -0.15) is 0 Å². The number of nitrogens with zero attached hydrogens (tertiary/aromatic N) is 5. The first-order chi connectivity index (χ1) is 5.86. The third-order valence-corrected chi connectivity index (χ3v) is 1.51. The highest BCUT2D eigenvalue weighted by Gasteiger charge is 2.49. The fourth-order valence-corrected chi connectivity index (χ4v) is 1.12. The molecule has 0 fully saturated rings. The second-order valence-corrected chi connectivity index (χ2v) is 4.15. The minimum absolute atomic E-state index is 0.194. The lowest BCUT2D eigenvalue weighted by molar-refractivity contribution is -0.570. The highest BCUT2D eigenvalue weighted by molar-refractivity contribution is 4.79. The molecule has 1 aliphatic rings. The van der Waals surface area contributed by atoms with Crippen LogP contribution in [0.1, 0.15) is 27.2 Å². The number of hydrogen-bond acceptors (Lipinski definition) is 6. The molecular weight excluding hydrogens is 174 g/mol. The Balaban J connectivity index is 2.88. The Morgan fingerprint density at radius 1 is 1.31 bits per heavy atom. The van der Waals surface area contributed by atoms with Crippen LogP contribution in [0.25, 0.3) is 0 Å². The summed E-state index contributed by atoms with van der Waals surface area (Å²) >= 11 is 0. The van der Waals surface area contributed by atoms with E-state index in [1.165, 1.54) is 0 Å². The fourth-order valence-electron chi connectivity index (χ4n) is 1.12. The smallest absolute Gasteiger partial charge is 0.260 e. The Kier molecular flexibility index (Phi) is 2.10. The van der Waals surface area contributed by atoms with Gasteiger partial charge in [-0.25, -0.2) is 0 Å². The SMILES string of the molecule is CC(C)(C)CC1([N+](=O)[O-])N=NN=N1. The summed E-state index contributed by atoms with van der Waals surface area (Å²) < 4.78 is 0. The second kappa shape index (κ2) is 2.82. The molecule has 72 valence electrons. The van der Waals surface area contributed by atoms with Gasteiger partial charge in [0.25, 0.3) is 0 Å². The van der Waals surface area contributed by atoms with Crippen LogP contribution in [0.3, 0.4) is 0 Å². The highest BCUT2D eigenvalue weighted by atomic mass is 16.6. The molecule has 0 bridgehead atoms. The minimum Gasteiger partial charge on any atom is -0.260 e. The van der Waals surface area contributed by atoms with Crippen LogP contribution >= 0.6 is 0 Å². The van der Waals surface area contributed by atoms with Crippen molar-refractivity contribution in [2.24, 2.45) is 26.1 Å². The van der Waals surface area contributed by atoms with Crippen LogP contribution in [0.2, 0.25) is 0 Å². The van der Waals surface area contributed by atoms with Gasteiger partial charge in [-0.15, -0.1) is 0 Å². The summed E-state index contributed by atoms with van der Waals surface area (Å²) in [5, 5.41) is 24.0. The van der Waals surface area contributed by atoms with E-state index in [1.54, 1.807) is 0 Å². The van der Waals surface area contributed by atoms with E-state index in [9.17, 15) is 10.1 Å². The van der Waals surface area contributed by atoms with Gasteiger partial charge in [0, 0.05) is 0 Å². The van der Waals surface area contributed by atoms with E-state index in [4.69, 9.17) is 0 Å². The lowest BCUT2D eigenvalue weighted by Crippen LogP contribution is -2.36. The summed E-state index contributed by atoms with van der Waals surface area (Å²) in [6.07, 6.45) is 0.194. The van der Waals surface area contributed by atoms with Crippen molar-refractivity contribution in [3.8, 4) is 0 Å². The lowest BCUT2D eigenvalue weighted by atomic mass is 9.89. The van der Waals surface area contributed by atoms with Crippen molar-refractivity contribution in [2.75, 3.05) is 0 Å². The van der Waals surface area contributed by atoms with Crippen molar-refractivity contribution >= 4 is 0 Å². The van der Waals surface area contributed by atoms with E-state index < -0.39 is 10.7 Å². The average molecular weight is 185 g/mol. The molecule has 0 aromatic rings. The molecule has 0 unspecified atom stereocenters. The predicted octanol–water partition coefficient (Wildman–Crippen LogP) is 2.19. The zero-order chi connectivity index (χ0) is 10.1. The van der Waals surface area contributed by atoms with Crippen molar-refractivity contribution in [3.05, 3.63) is 10.1 Å². The molecule has 1 aliphatic heterocycles. The molecule has 13 heavy (non-hydrogen) atoms. The van der Waals surface area contributed by atoms with Crippen molar-refractivity contribution in [1.82, 2.24) is 0 Å². The first-order valence-corrected chi connectivity index (χ1v) is 3.84. The molecule has 7 heteroatoms. The summed E-state index contributed by atoms with van der Waals surface area (Å²) in [4.78, 5) is 10.1. The van der Waals surface area contributed by atoms with Gasteiger partial charge in [-0.05, 0) is 15.9 Å². The Hall–Kier alpha value is -1.40. The standard InChI is InChI=1S/C6H11N5O2/c1-5(2,3)4-6(11(12)13)7-9-10-8-6/h4H2,1-3H3. The summed E-state index contributed by atoms with van der Waals surface area (Å²) in [5.41, 5.74) is -0.241. The average Bonchev–Trinajstić information content (AvgIpc) is 2.33. The molecule has 1 heterocycles. The second-order valence-electron chi connectivity index (χ2n) is 4.15. The van der Waals surface area contributed by atoms with E-state index in [2.05, 4.69) is 20.7 Å². The number of rotatable bonds is 2. The molecule has 7 nitrogen and oxygen atoms in total. The fraction of sp³-hybridized carbons (Fsp3) is 1.00. The van der Waals surface area contributed by atoms with Gasteiger partial charge >= 0.3 is 5.79 Å². The van der Waals surface area contributed by atoms with Gasteiger partial charge in [0.15, 0.2) is 0 Å². The molecule has 0 amide bonds. The quantitative estimate of drug-likeness (QED) is 0.487. The van der Waals surface area contributed by atoms with E-state index in [0.29, 0.717) is 0 Å². The van der Waals surface area contributed by atoms with E-state index in [0.717, 1.165) is 0 Å². The summed E-state index contributed by atoms with van der Waals surface area (Å²) in [6, 6.07) is 0. The Bertz CT molecular complexity index is 265. The third kappa shape index (κ3) is 2.04. The van der Waals surface area contributed by atoms with Crippen molar-refractivity contribution in [2.45, 2.75) is 33.0 Å². The number of nitro groups is 1. The first kappa shape index (κ1) is 9.69. The molecule has 0 atom stereocenters. The molecule has 0 aliphatic carbocycles. The highest BCUT2D eigenvalue weighted by Crippen LogP contribution is 2.34. The summed E-state index contributed by atoms with van der Waals surface area (Å²) in [6.45, 7) is 5.63. The molecule has 0 saturated heterocycles. The normalized spacial score (nSPS) is 19.3. The van der Waals surface area contributed by atoms with Gasteiger partial charge in [-0.1, -0.05) is 31.0 Å².